The van der Waals surface area contributed by atoms with Crippen LogP contribution in [0.15, 0.2) is 97.2 Å². The Balaban J connectivity index is 4.55. The Morgan fingerprint density at radius 3 is 0.899 bits per heavy atom. The average molecular weight is 960 g/mol. The third-order valence-electron chi connectivity index (χ3n) is 12.0. The van der Waals surface area contributed by atoms with Gasteiger partial charge in [-0.05, 0) is 116 Å². The summed E-state index contributed by atoms with van der Waals surface area (Å²) in [4.78, 5) is 38.1. The molecule has 0 radical (unpaired) electrons. The van der Waals surface area contributed by atoms with Gasteiger partial charge in [0.15, 0.2) is 6.10 Å². The summed E-state index contributed by atoms with van der Waals surface area (Å²) < 4.78 is 16.8. The largest absolute Gasteiger partial charge is 0.462 e. The molecule has 0 unspecified atom stereocenters. The normalized spacial score (nSPS) is 12.8. The summed E-state index contributed by atoms with van der Waals surface area (Å²) >= 11 is 0. The van der Waals surface area contributed by atoms with E-state index in [9.17, 15) is 14.4 Å². The lowest BCUT2D eigenvalue weighted by Crippen LogP contribution is -2.30. The Bertz CT molecular complexity index is 1380. The third-order valence-corrected chi connectivity index (χ3v) is 12.0. The number of ether oxygens (including phenoxy) is 3. The zero-order valence-electron chi connectivity index (χ0n) is 45.0. The summed E-state index contributed by atoms with van der Waals surface area (Å²) in [6, 6.07) is 0. The molecule has 0 bridgehead atoms. The molecule has 6 heteroatoms. The molecule has 0 aliphatic rings. The maximum absolute atomic E-state index is 12.9. The zero-order valence-corrected chi connectivity index (χ0v) is 45.0. The number of allylic oxidation sites excluding steroid dienone is 16. The lowest BCUT2D eigenvalue weighted by molar-refractivity contribution is -0.167. The highest BCUT2D eigenvalue weighted by molar-refractivity contribution is 5.71. The molecule has 0 heterocycles. The fourth-order valence-corrected chi connectivity index (χ4v) is 7.68. The van der Waals surface area contributed by atoms with E-state index in [1.807, 2.05) is 0 Å². The molecule has 0 amide bonds. The molecule has 0 aromatic carbocycles. The van der Waals surface area contributed by atoms with Crippen molar-refractivity contribution < 1.29 is 28.6 Å². The number of esters is 3. The van der Waals surface area contributed by atoms with Gasteiger partial charge < -0.3 is 14.2 Å². The zero-order chi connectivity index (χ0) is 50.0. The van der Waals surface area contributed by atoms with E-state index in [1.165, 1.54) is 148 Å². The van der Waals surface area contributed by atoms with Crippen LogP contribution in [0, 0.1) is 0 Å². The first-order valence-electron chi connectivity index (χ1n) is 28.7. The highest BCUT2D eigenvalue weighted by Gasteiger charge is 2.19. The topological polar surface area (TPSA) is 78.9 Å². The van der Waals surface area contributed by atoms with Crippen LogP contribution in [-0.4, -0.2) is 37.2 Å². The second kappa shape index (κ2) is 56.9. The second-order valence-corrected chi connectivity index (χ2v) is 18.8. The summed E-state index contributed by atoms with van der Waals surface area (Å²) in [5.74, 6) is -1.03. The van der Waals surface area contributed by atoms with Crippen molar-refractivity contribution in [3.63, 3.8) is 0 Å². The van der Waals surface area contributed by atoms with Gasteiger partial charge in [0.2, 0.25) is 0 Å². The number of carbonyl (C=O) groups is 3. The van der Waals surface area contributed by atoms with Gasteiger partial charge in [-0.1, -0.05) is 227 Å². The first-order valence-corrected chi connectivity index (χ1v) is 28.7. The van der Waals surface area contributed by atoms with Gasteiger partial charge >= 0.3 is 17.9 Å². The third kappa shape index (κ3) is 55.1. The molecule has 0 saturated heterocycles. The van der Waals surface area contributed by atoms with E-state index in [0.29, 0.717) is 19.3 Å². The van der Waals surface area contributed by atoms with Crippen molar-refractivity contribution in [1.29, 1.82) is 0 Å². The molecule has 1 atom stereocenters. The molecule has 0 spiro atoms. The van der Waals surface area contributed by atoms with Crippen molar-refractivity contribution in [3.8, 4) is 0 Å². The van der Waals surface area contributed by atoms with Crippen LogP contribution in [-0.2, 0) is 28.6 Å². The molecule has 69 heavy (non-hydrogen) atoms. The fourth-order valence-electron chi connectivity index (χ4n) is 7.68. The van der Waals surface area contributed by atoms with Crippen molar-refractivity contribution in [2.45, 2.75) is 271 Å². The van der Waals surface area contributed by atoms with Crippen LogP contribution in [0.1, 0.15) is 265 Å². The van der Waals surface area contributed by atoms with E-state index in [0.717, 1.165) is 64.2 Å². The van der Waals surface area contributed by atoms with E-state index in [-0.39, 0.29) is 44.0 Å². The predicted molar refractivity (Wildman–Crippen MR) is 297 cm³/mol. The quantitative estimate of drug-likeness (QED) is 0.0262. The minimum atomic E-state index is -0.823. The van der Waals surface area contributed by atoms with Crippen LogP contribution in [0.5, 0.6) is 0 Å². The smallest absolute Gasteiger partial charge is 0.306 e. The van der Waals surface area contributed by atoms with Crippen LogP contribution in [0.2, 0.25) is 0 Å². The molecule has 0 rings (SSSR count). The Morgan fingerprint density at radius 2 is 0.536 bits per heavy atom. The molecule has 0 N–H and O–H groups in total. The van der Waals surface area contributed by atoms with Crippen LogP contribution >= 0.6 is 0 Å². The van der Waals surface area contributed by atoms with E-state index in [1.54, 1.807) is 0 Å². The minimum Gasteiger partial charge on any atom is -0.462 e. The first kappa shape index (κ1) is 65.3. The lowest BCUT2D eigenvalue weighted by atomic mass is 10.1. The van der Waals surface area contributed by atoms with Crippen LogP contribution < -0.4 is 0 Å². The van der Waals surface area contributed by atoms with Crippen molar-refractivity contribution in [3.05, 3.63) is 97.2 Å². The van der Waals surface area contributed by atoms with E-state index < -0.39 is 6.10 Å². The lowest BCUT2D eigenvalue weighted by Gasteiger charge is -2.18. The van der Waals surface area contributed by atoms with E-state index in [2.05, 4.69) is 118 Å². The highest BCUT2D eigenvalue weighted by Crippen LogP contribution is 2.14. The maximum atomic E-state index is 12.9. The van der Waals surface area contributed by atoms with Gasteiger partial charge in [0.1, 0.15) is 13.2 Å². The molecule has 0 fully saturated rings. The van der Waals surface area contributed by atoms with Gasteiger partial charge in [0.05, 0.1) is 0 Å². The molecule has 6 nitrogen and oxygen atoms in total. The number of unbranched alkanes of at least 4 members (excludes halogenated alkanes) is 24. The Hall–Kier alpha value is -3.67. The van der Waals surface area contributed by atoms with Gasteiger partial charge in [-0.2, -0.15) is 0 Å². The Kier molecular flexibility index (Phi) is 53.9. The van der Waals surface area contributed by atoms with Crippen LogP contribution in [0.4, 0.5) is 0 Å². The molecular formula is C63H106O6. The monoisotopic (exact) mass is 959 g/mol. The van der Waals surface area contributed by atoms with Crippen LogP contribution in [0.25, 0.3) is 0 Å². The molecule has 0 aromatic heterocycles. The van der Waals surface area contributed by atoms with Gasteiger partial charge in [-0.15, -0.1) is 0 Å². The minimum absolute atomic E-state index is 0.123. The molecule has 0 aliphatic heterocycles. The van der Waals surface area contributed by atoms with Crippen molar-refractivity contribution in [2.75, 3.05) is 13.2 Å². The molecular weight excluding hydrogens is 853 g/mol. The van der Waals surface area contributed by atoms with Gasteiger partial charge in [0, 0.05) is 19.3 Å². The standard InChI is InChI=1S/C63H106O6/c1-4-7-10-13-16-19-22-25-28-31-34-37-40-43-46-49-52-55-61(64)67-58-60(69-63(66)57-54-51-48-45-42-39-36-33-30-27-24-21-18-15-12-9-6-3)59-68-62(65)56-53-50-47-44-41-38-35-32-29-26-23-20-17-14-11-8-5-2/h16,19,25-30,34-35,37-38,43-44,46-47,60H,4-15,17-18,20-24,31-33,36,39-42,45,48-59H2,1-3H3/b19-16-,28-25-,29-26-,30-27-,37-34-,38-35-,46-43-,47-44-/t60-/m1/s1. The molecule has 394 valence electrons. The summed E-state index contributed by atoms with van der Waals surface area (Å²) in [5, 5.41) is 0. The maximum Gasteiger partial charge on any atom is 0.306 e. The number of hydrogen-bond acceptors (Lipinski definition) is 6. The number of carbonyl (C=O) groups excluding carboxylic acids is 3. The van der Waals surface area contributed by atoms with Crippen molar-refractivity contribution in [2.24, 2.45) is 0 Å². The van der Waals surface area contributed by atoms with Gasteiger partial charge in [0.25, 0.3) is 0 Å². The predicted octanol–water partition coefficient (Wildman–Crippen LogP) is 19.3. The summed E-state index contributed by atoms with van der Waals surface area (Å²) in [6.07, 6.45) is 75.5. The van der Waals surface area contributed by atoms with Crippen molar-refractivity contribution >= 4 is 17.9 Å². The van der Waals surface area contributed by atoms with E-state index in [4.69, 9.17) is 14.2 Å². The van der Waals surface area contributed by atoms with Crippen LogP contribution in [0.3, 0.4) is 0 Å². The van der Waals surface area contributed by atoms with E-state index >= 15 is 0 Å². The summed E-state index contributed by atoms with van der Waals surface area (Å²) in [7, 11) is 0. The SMILES string of the molecule is CCCCC/C=C\C/C=C\C/C=C\C/C=C\CCCC(=O)OC[C@H](COC(=O)CCC/C=C\C/C=C\C/C=C\CCCCCCCC)OC(=O)CCCCCCCCC/C=C\CCCCCCCC. The molecule has 0 saturated carbocycles. The Labute approximate surface area is 426 Å². The number of rotatable bonds is 51. The summed E-state index contributed by atoms with van der Waals surface area (Å²) in [6.45, 7) is 6.51. The second-order valence-electron chi connectivity index (χ2n) is 18.8. The van der Waals surface area contributed by atoms with Gasteiger partial charge in [-0.25, -0.2) is 0 Å². The molecule has 0 aliphatic carbocycles. The van der Waals surface area contributed by atoms with Gasteiger partial charge in [-0.3, -0.25) is 14.4 Å². The first-order chi connectivity index (χ1) is 34.0. The fraction of sp³-hybridized carbons (Fsp3) is 0.698. The average Bonchev–Trinajstić information content (AvgIpc) is 3.35. The highest BCUT2D eigenvalue weighted by atomic mass is 16.6. The summed E-state index contributed by atoms with van der Waals surface area (Å²) in [5.41, 5.74) is 0. The number of hydrogen-bond donors (Lipinski definition) is 0. The molecule has 0 aromatic rings. The Morgan fingerprint density at radius 1 is 0.290 bits per heavy atom. The van der Waals surface area contributed by atoms with Crippen molar-refractivity contribution in [1.82, 2.24) is 0 Å².